The SMILES string of the molecule is C=C[C@@](Cl)(CBr)CC[C@@H](Br)C(C)(C)Cl. The van der Waals surface area contributed by atoms with E-state index in [0.29, 0.717) is 5.33 Å². The Labute approximate surface area is 114 Å². The average molecular weight is 367 g/mol. The molecule has 2 atom stereocenters. The van der Waals surface area contributed by atoms with Gasteiger partial charge in [-0.15, -0.1) is 29.8 Å². The second kappa shape index (κ2) is 6.12. The highest BCUT2D eigenvalue weighted by atomic mass is 79.9. The summed E-state index contributed by atoms with van der Waals surface area (Å²) in [6.45, 7) is 7.72. The highest BCUT2D eigenvalue weighted by molar-refractivity contribution is 9.09. The van der Waals surface area contributed by atoms with Crippen molar-refractivity contribution in [1.82, 2.24) is 0 Å². The van der Waals surface area contributed by atoms with Crippen molar-refractivity contribution in [3.63, 3.8) is 0 Å². The molecule has 0 saturated carbocycles. The maximum Gasteiger partial charge on any atom is 0.0720 e. The van der Waals surface area contributed by atoms with Gasteiger partial charge in [0, 0.05) is 10.2 Å². The van der Waals surface area contributed by atoms with E-state index in [9.17, 15) is 0 Å². The molecule has 0 fully saturated rings. The van der Waals surface area contributed by atoms with Crippen LogP contribution in [0.15, 0.2) is 12.7 Å². The van der Waals surface area contributed by atoms with Crippen molar-refractivity contribution in [1.29, 1.82) is 0 Å². The maximum absolute atomic E-state index is 6.27. The van der Waals surface area contributed by atoms with Crippen LogP contribution in [0.2, 0.25) is 0 Å². The molecule has 4 heteroatoms. The van der Waals surface area contributed by atoms with Gasteiger partial charge in [-0.25, -0.2) is 0 Å². The van der Waals surface area contributed by atoms with Gasteiger partial charge < -0.3 is 0 Å². The molecule has 0 N–H and O–H groups in total. The Balaban J connectivity index is 4.11. The van der Waals surface area contributed by atoms with Crippen molar-refractivity contribution in [3.8, 4) is 0 Å². The largest absolute Gasteiger partial charge is 0.119 e. The number of rotatable bonds is 6. The fraction of sp³-hybridized carbons (Fsp3) is 0.800. The Hall–Kier alpha value is 1.28. The lowest BCUT2D eigenvalue weighted by Gasteiger charge is -2.27. The molecule has 0 aromatic rings. The topological polar surface area (TPSA) is 0 Å². The molecule has 0 aliphatic carbocycles. The third-order valence-corrected chi connectivity index (χ3v) is 6.08. The van der Waals surface area contributed by atoms with E-state index in [0.717, 1.165) is 12.8 Å². The highest BCUT2D eigenvalue weighted by Gasteiger charge is 2.28. The van der Waals surface area contributed by atoms with E-state index < -0.39 is 0 Å². The molecule has 0 bridgehead atoms. The molecule has 0 aromatic heterocycles. The summed E-state index contributed by atoms with van der Waals surface area (Å²) in [6.07, 6.45) is 3.57. The zero-order valence-corrected chi connectivity index (χ0v) is 13.2. The number of hydrogen-bond donors (Lipinski definition) is 0. The van der Waals surface area contributed by atoms with Crippen LogP contribution in [0.3, 0.4) is 0 Å². The van der Waals surface area contributed by atoms with Crippen LogP contribution in [0.4, 0.5) is 0 Å². The van der Waals surface area contributed by atoms with Gasteiger partial charge in [0.1, 0.15) is 0 Å². The quantitative estimate of drug-likeness (QED) is 0.453. The molecule has 0 spiro atoms. The Morgan fingerprint density at radius 2 is 1.93 bits per heavy atom. The second-order valence-electron chi connectivity index (χ2n) is 3.94. The molecular weight excluding hydrogens is 351 g/mol. The molecule has 84 valence electrons. The molecule has 0 aliphatic rings. The Morgan fingerprint density at radius 3 is 2.21 bits per heavy atom. The monoisotopic (exact) mass is 364 g/mol. The molecule has 0 radical (unpaired) electrons. The van der Waals surface area contributed by atoms with E-state index in [4.69, 9.17) is 23.2 Å². The standard InChI is InChI=1S/C10H16Br2Cl2/c1-4-10(14,7-11)6-5-8(12)9(2,3)13/h4,8H,1,5-7H2,2-3H3/t8-,10+/m1/s1. The first-order valence-electron chi connectivity index (χ1n) is 4.46. The van der Waals surface area contributed by atoms with Gasteiger partial charge >= 0.3 is 0 Å². The smallest absolute Gasteiger partial charge is 0.0720 e. The lowest BCUT2D eigenvalue weighted by atomic mass is 9.98. The van der Waals surface area contributed by atoms with Crippen molar-refractivity contribution >= 4 is 55.1 Å². The molecule has 0 aromatic carbocycles. The average Bonchev–Trinajstić information content (AvgIpc) is 2.12. The first-order valence-corrected chi connectivity index (χ1v) is 7.26. The third kappa shape index (κ3) is 5.39. The van der Waals surface area contributed by atoms with Gasteiger partial charge in [0.2, 0.25) is 0 Å². The number of halogens is 4. The van der Waals surface area contributed by atoms with E-state index in [2.05, 4.69) is 38.4 Å². The van der Waals surface area contributed by atoms with Crippen LogP contribution in [0.5, 0.6) is 0 Å². The fourth-order valence-corrected chi connectivity index (χ4v) is 1.89. The minimum Gasteiger partial charge on any atom is -0.119 e. The van der Waals surface area contributed by atoms with Gasteiger partial charge in [-0.2, -0.15) is 0 Å². The van der Waals surface area contributed by atoms with Crippen molar-refractivity contribution < 1.29 is 0 Å². The summed E-state index contributed by atoms with van der Waals surface area (Å²) >= 11 is 19.4. The molecule has 0 saturated heterocycles. The van der Waals surface area contributed by atoms with Gasteiger partial charge in [0.15, 0.2) is 0 Å². The van der Waals surface area contributed by atoms with Crippen LogP contribution in [-0.4, -0.2) is 19.9 Å². The summed E-state index contributed by atoms with van der Waals surface area (Å²) in [5, 5.41) is 0.716. The maximum atomic E-state index is 6.27. The Bertz CT molecular complexity index is 189. The number of alkyl halides is 4. The third-order valence-electron chi connectivity index (χ3n) is 2.15. The van der Waals surface area contributed by atoms with Gasteiger partial charge in [0.25, 0.3) is 0 Å². The van der Waals surface area contributed by atoms with Gasteiger partial charge in [-0.05, 0) is 26.7 Å². The zero-order valence-electron chi connectivity index (χ0n) is 8.49. The lowest BCUT2D eigenvalue weighted by Crippen LogP contribution is -2.28. The molecule has 0 heterocycles. The fourth-order valence-electron chi connectivity index (χ4n) is 0.933. The number of allylic oxidation sites excluding steroid dienone is 1. The van der Waals surface area contributed by atoms with Crippen molar-refractivity contribution in [2.24, 2.45) is 0 Å². The normalized spacial score (nSPS) is 18.7. The summed E-state index contributed by atoms with van der Waals surface area (Å²) in [5.74, 6) is 0. The Kier molecular flexibility index (Phi) is 6.68. The number of hydrogen-bond acceptors (Lipinski definition) is 0. The molecular formula is C10H16Br2Cl2. The first-order chi connectivity index (χ1) is 6.25. The first kappa shape index (κ1) is 15.3. The summed E-state index contributed by atoms with van der Waals surface area (Å²) in [6, 6.07) is 0. The molecule has 0 nitrogen and oxygen atoms in total. The highest BCUT2D eigenvalue weighted by Crippen LogP contribution is 2.33. The molecule has 0 unspecified atom stereocenters. The molecule has 0 aliphatic heterocycles. The summed E-state index contributed by atoms with van der Waals surface area (Å²) in [5.41, 5.74) is 0. The Morgan fingerprint density at radius 1 is 1.43 bits per heavy atom. The van der Waals surface area contributed by atoms with E-state index in [-0.39, 0.29) is 14.6 Å². The van der Waals surface area contributed by atoms with Crippen molar-refractivity contribution in [3.05, 3.63) is 12.7 Å². The molecule has 14 heavy (non-hydrogen) atoms. The van der Waals surface area contributed by atoms with E-state index in [1.165, 1.54) is 0 Å². The van der Waals surface area contributed by atoms with Crippen LogP contribution in [0.25, 0.3) is 0 Å². The second-order valence-corrected chi connectivity index (χ2v) is 7.34. The summed E-state index contributed by atoms with van der Waals surface area (Å²) in [7, 11) is 0. The predicted octanol–water partition coefficient (Wildman–Crippen LogP) is 5.11. The van der Waals surface area contributed by atoms with E-state index in [1.807, 2.05) is 13.8 Å². The molecule has 0 amide bonds. The van der Waals surface area contributed by atoms with Gasteiger partial charge in [-0.1, -0.05) is 37.9 Å². The van der Waals surface area contributed by atoms with E-state index >= 15 is 0 Å². The van der Waals surface area contributed by atoms with Crippen LogP contribution in [0.1, 0.15) is 26.7 Å². The van der Waals surface area contributed by atoms with Gasteiger partial charge in [-0.3, -0.25) is 0 Å². The lowest BCUT2D eigenvalue weighted by molar-refractivity contribution is 0.563. The minimum absolute atomic E-state index is 0.245. The van der Waals surface area contributed by atoms with E-state index in [1.54, 1.807) is 6.08 Å². The van der Waals surface area contributed by atoms with Crippen molar-refractivity contribution in [2.45, 2.75) is 41.3 Å². The minimum atomic E-state index is -0.353. The molecule has 0 rings (SSSR count). The zero-order chi connectivity index (χ0) is 11.4. The van der Waals surface area contributed by atoms with Crippen LogP contribution in [0, 0.1) is 0 Å². The van der Waals surface area contributed by atoms with Gasteiger partial charge in [0.05, 0.1) is 9.75 Å². The predicted molar refractivity (Wildman–Crippen MR) is 74.5 cm³/mol. The van der Waals surface area contributed by atoms with Crippen LogP contribution >= 0.6 is 55.1 Å². The van der Waals surface area contributed by atoms with Crippen LogP contribution in [-0.2, 0) is 0 Å². The summed E-state index contributed by atoms with van der Waals surface area (Å²) in [4.78, 5) is -0.340. The van der Waals surface area contributed by atoms with Crippen LogP contribution < -0.4 is 0 Å². The summed E-state index contributed by atoms with van der Waals surface area (Å²) < 4.78 is 0. The van der Waals surface area contributed by atoms with Crippen molar-refractivity contribution in [2.75, 3.05) is 5.33 Å².